The molecular weight excluding hydrogens is 393 g/mol. The number of nitrogens with zero attached hydrogens (tertiary/aromatic N) is 4. The summed E-state index contributed by atoms with van der Waals surface area (Å²) in [7, 11) is 1.94. The number of likely N-dealkylation sites (tertiary alicyclic amines) is 1. The normalized spacial score (nSPS) is 17.7. The van der Waals surface area contributed by atoms with Gasteiger partial charge < -0.3 is 14.8 Å². The fourth-order valence-electron chi connectivity index (χ4n) is 4.30. The predicted molar refractivity (Wildman–Crippen MR) is 119 cm³/mol. The first-order valence-corrected chi connectivity index (χ1v) is 10.5. The molecule has 3 heterocycles. The first kappa shape index (κ1) is 21.0. The van der Waals surface area contributed by atoms with Gasteiger partial charge in [-0.05, 0) is 57.0 Å². The Morgan fingerprint density at radius 2 is 1.97 bits per heavy atom. The number of aromatic nitrogens is 3. The zero-order valence-electron chi connectivity index (χ0n) is 18.4. The van der Waals surface area contributed by atoms with Gasteiger partial charge in [-0.2, -0.15) is 0 Å². The van der Waals surface area contributed by atoms with Crippen molar-refractivity contribution in [3.63, 3.8) is 0 Å². The Morgan fingerprint density at radius 3 is 2.61 bits per heavy atom. The van der Waals surface area contributed by atoms with E-state index in [1.807, 2.05) is 41.8 Å². The van der Waals surface area contributed by atoms with E-state index in [0.717, 1.165) is 34.8 Å². The second kappa shape index (κ2) is 8.13. The average Bonchev–Trinajstić information content (AvgIpc) is 3.26. The molecule has 1 amide bonds. The molecule has 31 heavy (non-hydrogen) atoms. The third-order valence-corrected chi connectivity index (χ3v) is 6.15. The van der Waals surface area contributed by atoms with E-state index in [9.17, 15) is 9.18 Å². The SMILES string of the molecule is Cc1nc(N[C@@H]2CCN(C(=O)Cc3ccc(F)cc3)C2(C)C)ccc1-c1cn(C)cn1. The van der Waals surface area contributed by atoms with Gasteiger partial charge in [-0.25, -0.2) is 14.4 Å². The van der Waals surface area contributed by atoms with Crippen LogP contribution in [0.4, 0.5) is 10.2 Å². The quantitative estimate of drug-likeness (QED) is 0.677. The summed E-state index contributed by atoms with van der Waals surface area (Å²) in [6, 6.07) is 10.2. The van der Waals surface area contributed by atoms with Crippen LogP contribution in [0.1, 0.15) is 31.5 Å². The minimum absolute atomic E-state index is 0.0514. The highest BCUT2D eigenvalue weighted by Gasteiger charge is 2.43. The Hall–Kier alpha value is -3.22. The molecule has 0 radical (unpaired) electrons. The van der Waals surface area contributed by atoms with Gasteiger partial charge in [0, 0.05) is 31.0 Å². The van der Waals surface area contributed by atoms with Gasteiger partial charge in [-0.15, -0.1) is 0 Å². The van der Waals surface area contributed by atoms with Gasteiger partial charge in [0.2, 0.25) is 5.91 Å². The van der Waals surface area contributed by atoms with Gasteiger partial charge in [0.15, 0.2) is 0 Å². The number of nitrogens with one attached hydrogen (secondary N) is 1. The zero-order valence-corrected chi connectivity index (χ0v) is 18.4. The Kier molecular flexibility index (Phi) is 5.52. The maximum atomic E-state index is 13.1. The maximum absolute atomic E-state index is 13.1. The first-order chi connectivity index (χ1) is 14.7. The van der Waals surface area contributed by atoms with Crippen molar-refractivity contribution in [3.05, 3.63) is 66.0 Å². The number of hydrogen-bond acceptors (Lipinski definition) is 4. The molecule has 1 atom stereocenters. The highest BCUT2D eigenvalue weighted by Crippen LogP contribution is 2.32. The molecule has 4 rings (SSSR count). The van der Waals surface area contributed by atoms with Gasteiger partial charge in [0.25, 0.3) is 0 Å². The molecule has 6 nitrogen and oxygen atoms in total. The van der Waals surface area contributed by atoms with Crippen molar-refractivity contribution in [3.8, 4) is 11.3 Å². The van der Waals surface area contributed by atoms with E-state index in [4.69, 9.17) is 4.98 Å². The van der Waals surface area contributed by atoms with Crippen molar-refractivity contribution in [1.82, 2.24) is 19.4 Å². The molecule has 1 saturated heterocycles. The summed E-state index contributed by atoms with van der Waals surface area (Å²) in [5.41, 5.74) is 3.27. The number of aryl methyl sites for hydroxylation is 2. The van der Waals surface area contributed by atoms with Crippen LogP contribution in [-0.4, -0.2) is 43.5 Å². The monoisotopic (exact) mass is 421 g/mol. The van der Waals surface area contributed by atoms with Crippen molar-refractivity contribution in [2.24, 2.45) is 7.05 Å². The average molecular weight is 422 g/mol. The number of amides is 1. The largest absolute Gasteiger partial charge is 0.365 e. The Balaban J connectivity index is 1.45. The molecule has 1 aliphatic heterocycles. The van der Waals surface area contributed by atoms with E-state index in [1.54, 1.807) is 18.5 Å². The fraction of sp³-hybridized carbons (Fsp3) is 0.375. The third-order valence-electron chi connectivity index (χ3n) is 6.15. The van der Waals surface area contributed by atoms with E-state index in [2.05, 4.69) is 24.1 Å². The molecule has 3 aromatic rings. The smallest absolute Gasteiger partial charge is 0.227 e. The fourth-order valence-corrected chi connectivity index (χ4v) is 4.30. The van der Waals surface area contributed by atoms with Gasteiger partial charge in [-0.1, -0.05) is 12.1 Å². The third kappa shape index (κ3) is 4.31. The van der Waals surface area contributed by atoms with Crippen molar-refractivity contribution >= 4 is 11.7 Å². The van der Waals surface area contributed by atoms with Crippen molar-refractivity contribution in [2.45, 2.75) is 45.2 Å². The summed E-state index contributed by atoms with van der Waals surface area (Å²) in [4.78, 5) is 24.0. The molecule has 0 unspecified atom stereocenters. The van der Waals surface area contributed by atoms with E-state index in [1.165, 1.54) is 12.1 Å². The van der Waals surface area contributed by atoms with Crippen LogP contribution in [0.2, 0.25) is 0 Å². The minimum Gasteiger partial charge on any atom is -0.365 e. The van der Waals surface area contributed by atoms with E-state index < -0.39 is 0 Å². The van der Waals surface area contributed by atoms with Crippen LogP contribution in [-0.2, 0) is 18.3 Å². The molecule has 0 aliphatic carbocycles. The van der Waals surface area contributed by atoms with Gasteiger partial charge in [0.1, 0.15) is 11.6 Å². The highest BCUT2D eigenvalue weighted by atomic mass is 19.1. The van der Waals surface area contributed by atoms with Crippen LogP contribution < -0.4 is 5.32 Å². The number of benzene rings is 1. The summed E-state index contributed by atoms with van der Waals surface area (Å²) in [5, 5.41) is 3.53. The topological polar surface area (TPSA) is 63.1 Å². The van der Waals surface area contributed by atoms with Crippen LogP contribution >= 0.6 is 0 Å². The molecular formula is C24H28FN5O. The van der Waals surface area contributed by atoms with E-state index >= 15 is 0 Å². The molecule has 0 saturated carbocycles. The van der Waals surface area contributed by atoms with E-state index in [-0.39, 0.29) is 29.7 Å². The van der Waals surface area contributed by atoms with Crippen LogP contribution in [0, 0.1) is 12.7 Å². The molecule has 7 heteroatoms. The number of pyridine rings is 1. The van der Waals surface area contributed by atoms with Gasteiger partial charge in [0.05, 0.1) is 30.0 Å². The molecule has 162 valence electrons. The predicted octanol–water partition coefficient (Wildman–Crippen LogP) is 3.96. The molecule has 2 aromatic heterocycles. The number of imidazole rings is 1. The lowest BCUT2D eigenvalue weighted by atomic mass is 9.95. The van der Waals surface area contributed by atoms with Crippen molar-refractivity contribution < 1.29 is 9.18 Å². The lowest BCUT2D eigenvalue weighted by molar-refractivity contribution is -0.133. The zero-order chi connectivity index (χ0) is 22.2. The number of carbonyl (C=O) groups is 1. The second-order valence-electron chi connectivity index (χ2n) is 8.74. The minimum atomic E-state index is -0.369. The summed E-state index contributed by atoms with van der Waals surface area (Å²) < 4.78 is 15.1. The number of halogens is 1. The molecule has 1 N–H and O–H groups in total. The molecule has 1 aliphatic rings. The summed E-state index contributed by atoms with van der Waals surface area (Å²) in [6.07, 6.45) is 4.86. The molecule has 0 bridgehead atoms. The second-order valence-corrected chi connectivity index (χ2v) is 8.74. The molecule has 0 spiro atoms. The lowest BCUT2D eigenvalue weighted by Gasteiger charge is -2.36. The lowest BCUT2D eigenvalue weighted by Crippen LogP contribution is -2.51. The number of rotatable bonds is 5. The van der Waals surface area contributed by atoms with Crippen molar-refractivity contribution in [1.29, 1.82) is 0 Å². The first-order valence-electron chi connectivity index (χ1n) is 10.5. The van der Waals surface area contributed by atoms with Crippen molar-refractivity contribution in [2.75, 3.05) is 11.9 Å². The summed E-state index contributed by atoms with van der Waals surface area (Å²) in [5.74, 6) is 0.553. The summed E-state index contributed by atoms with van der Waals surface area (Å²) >= 11 is 0. The van der Waals surface area contributed by atoms with E-state index in [0.29, 0.717) is 6.54 Å². The number of hydrogen-bond donors (Lipinski definition) is 1. The maximum Gasteiger partial charge on any atom is 0.227 e. The van der Waals surface area contributed by atoms with Crippen LogP contribution in [0.3, 0.4) is 0 Å². The number of anilines is 1. The van der Waals surface area contributed by atoms with Gasteiger partial charge >= 0.3 is 0 Å². The number of carbonyl (C=O) groups excluding carboxylic acids is 1. The standard InChI is InChI=1S/C24H28FN5O/c1-16-19(20-14-29(4)15-26-20)9-10-22(27-16)28-21-11-12-30(24(21,2)3)23(31)13-17-5-7-18(25)8-6-17/h5-10,14-15,21H,11-13H2,1-4H3,(H,27,28)/t21-/m1/s1. The Labute approximate surface area is 182 Å². The van der Waals surface area contributed by atoms with Crippen LogP contribution in [0.5, 0.6) is 0 Å². The van der Waals surface area contributed by atoms with Crippen LogP contribution in [0.15, 0.2) is 48.9 Å². The Bertz CT molecular complexity index is 1090. The molecule has 1 aromatic carbocycles. The van der Waals surface area contributed by atoms with Gasteiger partial charge in [-0.3, -0.25) is 4.79 Å². The Morgan fingerprint density at radius 1 is 1.23 bits per heavy atom. The highest BCUT2D eigenvalue weighted by molar-refractivity contribution is 5.80. The molecule has 1 fully saturated rings. The summed E-state index contributed by atoms with van der Waals surface area (Å²) in [6.45, 7) is 6.81. The van der Waals surface area contributed by atoms with Crippen LogP contribution in [0.25, 0.3) is 11.3 Å².